The lowest BCUT2D eigenvalue weighted by Gasteiger charge is -2.17. The van der Waals surface area contributed by atoms with E-state index in [1.165, 1.54) is 0 Å². The van der Waals surface area contributed by atoms with Crippen molar-refractivity contribution >= 4 is 17.1 Å². The Morgan fingerprint density at radius 3 is 2.52 bits per heavy atom. The monoisotopic (exact) mass is 306 g/mol. The van der Waals surface area contributed by atoms with E-state index in [0.717, 1.165) is 22.6 Å². The Bertz CT molecular complexity index is 804. The Balaban J connectivity index is 1.99. The molecule has 0 bridgehead atoms. The quantitative estimate of drug-likeness (QED) is 0.755. The number of nitrogens with one attached hydrogen (secondary N) is 1. The molecular weight excluding hydrogens is 288 g/mol. The summed E-state index contributed by atoms with van der Waals surface area (Å²) in [5.41, 5.74) is 10.2. The summed E-state index contributed by atoms with van der Waals surface area (Å²) in [4.78, 5) is 8.57. The third-order valence-electron chi connectivity index (χ3n) is 3.58. The molecule has 3 N–H and O–H groups in total. The first-order valence-corrected chi connectivity index (χ1v) is 7.32. The van der Waals surface area contributed by atoms with Crippen LogP contribution in [0.1, 0.15) is 11.3 Å². The van der Waals surface area contributed by atoms with E-state index in [0.29, 0.717) is 17.3 Å². The van der Waals surface area contributed by atoms with E-state index in [4.69, 9.17) is 10.5 Å². The molecule has 0 spiro atoms. The van der Waals surface area contributed by atoms with Gasteiger partial charge in [-0.15, -0.1) is 0 Å². The number of para-hydroxylation sites is 1. The molecule has 0 saturated carbocycles. The van der Waals surface area contributed by atoms with Crippen molar-refractivity contribution in [3.63, 3.8) is 0 Å². The molecule has 0 aliphatic heterocycles. The van der Waals surface area contributed by atoms with Gasteiger partial charge >= 0.3 is 0 Å². The van der Waals surface area contributed by atoms with Gasteiger partial charge in [0.05, 0.1) is 17.6 Å². The second-order valence-electron chi connectivity index (χ2n) is 5.20. The molecule has 23 heavy (non-hydrogen) atoms. The number of anilines is 3. The molecule has 3 aromatic rings. The zero-order valence-corrected chi connectivity index (χ0v) is 13.1. The predicted octanol–water partition coefficient (Wildman–Crippen LogP) is 4.21. The Hall–Kier alpha value is -3.08. The highest BCUT2D eigenvalue weighted by atomic mass is 16.5. The van der Waals surface area contributed by atoms with Crippen LogP contribution in [-0.2, 0) is 0 Å². The number of hydrogen-bond donors (Lipinski definition) is 2. The van der Waals surface area contributed by atoms with Gasteiger partial charge in [-0.2, -0.15) is 0 Å². The Labute approximate surface area is 135 Å². The molecule has 1 aromatic carbocycles. The van der Waals surface area contributed by atoms with E-state index in [-0.39, 0.29) is 0 Å². The molecule has 0 radical (unpaired) electrons. The molecular formula is C18H18N4O. The topological polar surface area (TPSA) is 73.1 Å². The van der Waals surface area contributed by atoms with Gasteiger partial charge in [-0.05, 0) is 43.7 Å². The smallest absolute Gasteiger partial charge is 0.245 e. The molecule has 0 unspecified atom stereocenters. The maximum absolute atomic E-state index is 6.28. The van der Waals surface area contributed by atoms with Crippen molar-refractivity contribution in [3.8, 4) is 11.6 Å². The molecule has 0 aliphatic carbocycles. The molecule has 0 fully saturated rings. The number of nitrogen functional groups attached to an aromatic ring is 1. The highest BCUT2D eigenvalue weighted by Crippen LogP contribution is 2.36. The van der Waals surface area contributed by atoms with E-state index < -0.39 is 0 Å². The highest BCUT2D eigenvalue weighted by molar-refractivity contribution is 5.79. The normalized spacial score (nSPS) is 10.3. The van der Waals surface area contributed by atoms with Gasteiger partial charge in [0.2, 0.25) is 5.88 Å². The van der Waals surface area contributed by atoms with Crippen molar-refractivity contribution in [1.29, 1.82) is 0 Å². The summed E-state index contributed by atoms with van der Waals surface area (Å²) >= 11 is 0. The molecule has 0 aliphatic rings. The molecule has 0 saturated heterocycles. The van der Waals surface area contributed by atoms with Crippen molar-refractivity contribution in [2.75, 3.05) is 11.1 Å². The fourth-order valence-corrected chi connectivity index (χ4v) is 2.21. The number of hydrogen-bond acceptors (Lipinski definition) is 5. The molecule has 2 aromatic heterocycles. The van der Waals surface area contributed by atoms with E-state index in [2.05, 4.69) is 15.3 Å². The summed E-state index contributed by atoms with van der Waals surface area (Å²) in [5.74, 6) is 1.09. The van der Waals surface area contributed by atoms with Gasteiger partial charge in [0.25, 0.3) is 0 Å². The summed E-state index contributed by atoms with van der Waals surface area (Å²) in [6.45, 7) is 3.91. The molecule has 3 rings (SSSR count). The third-order valence-corrected chi connectivity index (χ3v) is 3.58. The van der Waals surface area contributed by atoms with Crippen LogP contribution in [0.5, 0.6) is 11.6 Å². The summed E-state index contributed by atoms with van der Waals surface area (Å²) in [6, 6.07) is 13.3. The molecule has 5 heteroatoms. The van der Waals surface area contributed by atoms with E-state index in [1.807, 2.05) is 56.3 Å². The van der Waals surface area contributed by atoms with Crippen LogP contribution in [0.15, 0.2) is 54.9 Å². The standard InChI is InChI=1S/C18H18N4O/c1-12-13(2)21-18(23-15-8-4-3-5-9-15)16(19)17(12)22-14-7-6-10-20-11-14/h3-11H,19H2,1-2H3,(H,21,22). The lowest BCUT2D eigenvalue weighted by Crippen LogP contribution is -2.05. The van der Waals surface area contributed by atoms with Gasteiger partial charge in [0.1, 0.15) is 11.4 Å². The number of aryl methyl sites for hydroxylation is 1. The summed E-state index contributed by atoms with van der Waals surface area (Å²) in [6.07, 6.45) is 3.47. The summed E-state index contributed by atoms with van der Waals surface area (Å²) < 4.78 is 5.83. The fraction of sp³-hybridized carbons (Fsp3) is 0.111. The lowest BCUT2D eigenvalue weighted by atomic mass is 10.1. The minimum absolute atomic E-state index is 0.394. The van der Waals surface area contributed by atoms with E-state index in [1.54, 1.807) is 12.4 Å². The minimum Gasteiger partial charge on any atom is -0.437 e. The van der Waals surface area contributed by atoms with E-state index in [9.17, 15) is 0 Å². The van der Waals surface area contributed by atoms with Crippen LogP contribution in [0, 0.1) is 13.8 Å². The maximum Gasteiger partial charge on any atom is 0.245 e. The predicted molar refractivity (Wildman–Crippen MR) is 92.2 cm³/mol. The molecule has 2 heterocycles. The molecule has 5 nitrogen and oxygen atoms in total. The number of benzene rings is 1. The number of nitrogens with zero attached hydrogens (tertiary/aromatic N) is 2. The summed E-state index contributed by atoms with van der Waals surface area (Å²) in [7, 11) is 0. The number of aromatic nitrogens is 2. The van der Waals surface area contributed by atoms with E-state index >= 15 is 0 Å². The van der Waals surface area contributed by atoms with Crippen molar-refractivity contribution in [2.45, 2.75) is 13.8 Å². The largest absolute Gasteiger partial charge is 0.437 e. The minimum atomic E-state index is 0.394. The number of rotatable bonds is 4. The summed E-state index contributed by atoms with van der Waals surface area (Å²) in [5, 5.41) is 3.30. The molecule has 0 atom stereocenters. The fourth-order valence-electron chi connectivity index (χ4n) is 2.21. The average molecular weight is 306 g/mol. The SMILES string of the molecule is Cc1nc(Oc2ccccc2)c(N)c(Nc2cccnc2)c1C. The second kappa shape index (κ2) is 6.36. The Morgan fingerprint density at radius 1 is 1.04 bits per heavy atom. The van der Waals surface area contributed by atoms with Crippen molar-refractivity contribution in [3.05, 3.63) is 66.1 Å². The molecule has 0 amide bonds. The second-order valence-corrected chi connectivity index (χ2v) is 5.20. The van der Waals surface area contributed by atoms with Crippen molar-refractivity contribution in [2.24, 2.45) is 0 Å². The van der Waals surface area contributed by atoms with Gasteiger partial charge in [0.15, 0.2) is 0 Å². The zero-order valence-electron chi connectivity index (χ0n) is 13.1. The first-order valence-electron chi connectivity index (χ1n) is 7.32. The van der Waals surface area contributed by atoms with Gasteiger partial charge in [-0.1, -0.05) is 18.2 Å². The highest BCUT2D eigenvalue weighted by Gasteiger charge is 2.15. The number of pyridine rings is 2. The van der Waals surface area contributed by atoms with Gasteiger partial charge in [-0.25, -0.2) is 4.98 Å². The Morgan fingerprint density at radius 2 is 1.83 bits per heavy atom. The average Bonchev–Trinajstić information content (AvgIpc) is 2.58. The maximum atomic E-state index is 6.28. The van der Waals surface area contributed by atoms with Crippen LogP contribution in [-0.4, -0.2) is 9.97 Å². The van der Waals surface area contributed by atoms with Gasteiger partial charge in [-0.3, -0.25) is 4.98 Å². The van der Waals surface area contributed by atoms with Gasteiger partial charge < -0.3 is 15.8 Å². The molecule has 116 valence electrons. The van der Waals surface area contributed by atoms with Crippen molar-refractivity contribution in [1.82, 2.24) is 9.97 Å². The van der Waals surface area contributed by atoms with Crippen LogP contribution in [0.2, 0.25) is 0 Å². The first-order chi connectivity index (χ1) is 11.1. The zero-order chi connectivity index (χ0) is 16.2. The van der Waals surface area contributed by atoms with Crippen molar-refractivity contribution < 1.29 is 4.74 Å². The first kappa shape index (κ1) is 14.8. The lowest BCUT2D eigenvalue weighted by molar-refractivity contribution is 0.464. The third kappa shape index (κ3) is 3.23. The van der Waals surface area contributed by atoms with Crippen LogP contribution in [0.4, 0.5) is 17.1 Å². The number of ether oxygens (including phenoxy) is 1. The number of nitrogens with two attached hydrogens (primary N) is 1. The van der Waals surface area contributed by atoms with Gasteiger partial charge in [0, 0.05) is 11.9 Å². The Kier molecular flexibility index (Phi) is 4.10. The van der Waals surface area contributed by atoms with Crippen LogP contribution < -0.4 is 15.8 Å². The van der Waals surface area contributed by atoms with Crippen LogP contribution in [0.25, 0.3) is 0 Å². The van der Waals surface area contributed by atoms with Crippen LogP contribution in [0.3, 0.4) is 0 Å². The van der Waals surface area contributed by atoms with Crippen LogP contribution >= 0.6 is 0 Å².